The van der Waals surface area contributed by atoms with Crippen LogP contribution in [-0.2, 0) is 15.0 Å². The van der Waals surface area contributed by atoms with Gasteiger partial charge in [-0.2, -0.15) is 0 Å². The molecule has 1 aromatic carbocycles. The van der Waals surface area contributed by atoms with E-state index < -0.39 is 5.41 Å². The number of anilines is 1. The summed E-state index contributed by atoms with van der Waals surface area (Å²) in [4.78, 5) is 36.5. The number of nitrogens with zero attached hydrogens (tertiary/aromatic N) is 3. The molecule has 8 heteroatoms. The van der Waals surface area contributed by atoms with E-state index in [1.165, 1.54) is 6.33 Å². The summed E-state index contributed by atoms with van der Waals surface area (Å²) < 4.78 is 1.67. The molecule has 1 aliphatic rings. The first kappa shape index (κ1) is 17.8. The van der Waals surface area contributed by atoms with Crippen molar-refractivity contribution < 1.29 is 14.4 Å². The van der Waals surface area contributed by atoms with E-state index in [-0.39, 0.29) is 17.7 Å². The van der Waals surface area contributed by atoms with Crippen LogP contribution in [0.5, 0.6) is 0 Å². The van der Waals surface area contributed by atoms with Crippen LogP contribution in [0, 0.1) is 0 Å². The van der Waals surface area contributed by atoms with Crippen LogP contribution < -0.4 is 10.6 Å². The van der Waals surface area contributed by atoms with Crippen LogP contribution in [0.3, 0.4) is 0 Å². The number of amides is 3. The number of piperidine rings is 1. The normalized spacial score (nSPS) is 19.5. The van der Waals surface area contributed by atoms with Gasteiger partial charge in [0.2, 0.25) is 11.8 Å². The first-order chi connectivity index (χ1) is 13.5. The molecule has 2 aromatic heterocycles. The number of hydrogen-bond acceptors (Lipinski definition) is 5. The number of carbonyl (C=O) groups is 3. The second-order valence-electron chi connectivity index (χ2n) is 6.86. The van der Waals surface area contributed by atoms with Crippen LogP contribution in [0.1, 0.15) is 42.1 Å². The summed E-state index contributed by atoms with van der Waals surface area (Å²) >= 11 is 0. The zero-order valence-corrected chi connectivity index (χ0v) is 15.3. The number of hydrogen-bond donors (Lipinski definition) is 2. The summed E-state index contributed by atoms with van der Waals surface area (Å²) in [5.74, 6) is -0.747. The minimum Gasteiger partial charge on any atom is -0.322 e. The number of pyridine rings is 1. The molecule has 28 heavy (non-hydrogen) atoms. The minimum atomic E-state index is -0.712. The van der Waals surface area contributed by atoms with E-state index in [0.717, 1.165) is 5.56 Å². The van der Waals surface area contributed by atoms with E-state index in [0.29, 0.717) is 36.2 Å². The summed E-state index contributed by atoms with van der Waals surface area (Å²) in [7, 11) is 0. The monoisotopic (exact) mass is 377 g/mol. The maximum atomic E-state index is 12.5. The summed E-state index contributed by atoms with van der Waals surface area (Å²) in [5.41, 5.74) is 1.89. The number of imide groups is 1. The zero-order chi connectivity index (χ0) is 19.7. The first-order valence-corrected chi connectivity index (χ1v) is 9.07. The second-order valence-corrected chi connectivity index (χ2v) is 6.86. The molecule has 0 aliphatic carbocycles. The maximum Gasteiger partial charge on any atom is 0.257 e. The number of fused-ring (bicyclic) bond motifs is 1. The molecule has 8 nitrogen and oxygen atoms in total. The van der Waals surface area contributed by atoms with Gasteiger partial charge in [-0.25, -0.2) is 0 Å². The highest BCUT2D eigenvalue weighted by Gasteiger charge is 2.42. The molecule has 3 aromatic rings. The molecule has 1 fully saturated rings. The van der Waals surface area contributed by atoms with Crippen LogP contribution in [0.15, 0.2) is 48.9 Å². The molecule has 0 bridgehead atoms. The molecule has 1 atom stereocenters. The van der Waals surface area contributed by atoms with Gasteiger partial charge in [0, 0.05) is 18.3 Å². The predicted octanol–water partition coefficient (Wildman–Crippen LogP) is 2.07. The smallest absolute Gasteiger partial charge is 0.257 e. The maximum absolute atomic E-state index is 12.5. The SMILES string of the molecule is CCC1(c2ccc(NC(=O)c3ccc4nncn4c3)cc2)CCC(=O)NC1=O. The largest absolute Gasteiger partial charge is 0.322 e. The van der Waals surface area contributed by atoms with Crippen LogP contribution in [-0.4, -0.2) is 32.3 Å². The number of carbonyl (C=O) groups excluding carboxylic acids is 3. The van der Waals surface area contributed by atoms with E-state index in [4.69, 9.17) is 0 Å². The van der Waals surface area contributed by atoms with Crippen molar-refractivity contribution in [2.75, 3.05) is 5.32 Å². The summed E-state index contributed by atoms with van der Waals surface area (Å²) in [6.45, 7) is 1.94. The zero-order valence-electron chi connectivity index (χ0n) is 15.3. The Morgan fingerprint density at radius 2 is 2.00 bits per heavy atom. The lowest BCUT2D eigenvalue weighted by Crippen LogP contribution is -2.51. The third-order valence-corrected chi connectivity index (χ3v) is 5.32. The number of benzene rings is 1. The third kappa shape index (κ3) is 3.02. The Hall–Kier alpha value is -3.55. The molecule has 3 amide bonds. The van der Waals surface area contributed by atoms with Crippen LogP contribution in [0.4, 0.5) is 5.69 Å². The van der Waals surface area contributed by atoms with E-state index in [9.17, 15) is 14.4 Å². The van der Waals surface area contributed by atoms with E-state index in [1.54, 1.807) is 34.9 Å². The van der Waals surface area contributed by atoms with Crippen molar-refractivity contribution in [3.8, 4) is 0 Å². The Morgan fingerprint density at radius 1 is 1.21 bits per heavy atom. The van der Waals surface area contributed by atoms with Crippen molar-refractivity contribution in [2.45, 2.75) is 31.6 Å². The van der Waals surface area contributed by atoms with E-state index in [2.05, 4.69) is 20.8 Å². The highest BCUT2D eigenvalue weighted by atomic mass is 16.2. The van der Waals surface area contributed by atoms with Gasteiger partial charge in [-0.05, 0) is 42.7 Å². The number of nitrogens with one attached hydrogen (secondary N) is 2. The Morgan fingerprint density at radius 3 is 2.71 bits per heavy atom. The van der Waals surface area contributed by atoms with Gasteiger partial charge in [0.25, 0.3) is 5.91 Å². The minimum absolute atomic E-state index is 0.233. The van der Waals surface area contributed by atoms with Crippen molar-refractivity contribution in [3.05, 3.63) is 60.0 Å². The number of aromatic nitrogens is 3. The van der Waals surface area contributed by atoms with E-state index in [1.807, 2.05) is 19.1 Å². The lowest BCUT2D eigenvalue weighted by molar-refractivity contribution is -0.138. The van der Waals surface area contributed by atoms with Crippen LogP contribution >= 0.6 is 0 Å². The third-order valence-electron chi connectivity index (χ3n) is 5.32. The van der Waals surface area contributed by atoms with Gasteiger partial charge in [0.15, 0.2) is 5.65 Å². The van der Waals surface area contributed by atoms with Crippen molar-refractivity contribution in [2.24, 2.45) is 0 Å². The Labute approximate surface area is 161 Å². The molecule has 0 spiro atoms. The first-order valence-electron chi connectivity index (χ1n) is 9.07. The Bertz CT molecular complexity index is 1070. The molecule has 2 N–H and O–H groups in total. The average Bonchev–Trinajstić information content (AvgIpc) is 3.17. The highest BCUT2D eigenvalue weighted by molar-refractivity contribution is 6.05. The van der Waals surface area contributed by atoms with Crippen molar-refractivity contribution in [1.82, 2.24) is 19.9 Å². The topological polar surface area (TPSA) is 105 Å². The Balaban J connectivity index is 1.53. The summed E-state index contributed by atoms with van der Waals surface area (Å²) in [5, 5.41) is 13.0. The molecule has 0 saturated carbocycles. The molecule has 3 heterocycles. The predicted molar refractivity (Wildman–Crippen MR) is 102 cm³/mol. The molecule has 1 unspecified atom stereocenters. The lowest BCUT2D eigenvalue weighted by atomic mass is 9.72. The van der Waals surface area contributed by atoms with Gasteiger partial charge >= 0.3 is 0 Å². The highest BCUT2D eigenvalue weighted by Crippen LogP contribution is 2.36. The standard InChI is InChI=1S/C20H19N5O3/c1-2-20(10-9-17(26)23-19(20)28)14-4-6-15(7-5-14)22-18(27)13-3-8-16-24-21-12-25(16)11-13/h3-8,11-12H,2,9-10H2,1H3,(H,22,27)(H,23,26,28). The second kappa shape index (κ2) is 6.88. The fourth-order valence-corrected chi connectivity index (χ4v) is 3.60. The fourth-order valence-electron chi connectivity index (χ4n) is 3.60. The number of rotatable bonds is 4. The van der Waals surface area contributed by atoms with Gasteiger partial charge < -0.3 is 5.32 Å². The molecule has 0 radical (unpaired) electrons. The fraction of sp³-hybridized carbons (Fsp3) is 0.250. The van der Waals surface area contributed by atoms with Crippen molar-refractivity contribution >= 4 is 29.1 Å². The molecule has 1 saturated heterocycles. The average molecular weight is 377 g/mol. The van der Waals surface area contributed by atoms with Crippen molar-refractivity contribution in [1.29, 1.82) is 0 Å². The Kier molecular flexibility index (Phi) is 4.38. The van der Waals surface area contributed by atoms with E-state index >= 15 is 0 Å². The van der Waals surface area contributed by atoms with Gasteiger partial charge in [-0.15, -0.1) is 10.2 Å². The van der Waals surface area contributed by atoms with Crippen LogP contribution in [0.2, 0.25) is 0 Å². The quantitative estimate of drug-likeness (QED) is 0.677. The van der Waals surface area contributed by atoms with Gasteiger partial charge in [-0.1, -0.05) is 19.1 Å². The molecule has 1 aliphatic heterocycles. The van der Waals surface area contributed by atoms with Crippen molar-refractivity contribution in [3.63, 3.8) is 0 Å². The molecular weight excluding hydrogens is 358 g/mol. The van der Waals surface area contributed by atoms with Gasteiger partial charge in [0.05, 0.1) is 11.0 Å². The van der Waals surface area contributed by atoms with Crippen LogP contribution in [0.25, 0.3) is 5.65 Å². The molecule has 4 rings (SSSR count). The lowest BCUT2D eigenvalue weighted by Gasteiger charge is -2.35. The van der Waals surface area contributed by atoms with Gasteiger partial charge in [-0.3, -0.25) is 24.1 Å². The van der Waals surface area contributed by atoms with Gasteiger partial charge in [0.1, 0.15) is 6.33 Å². The summed E-state index contributed by atoms with van der Waals surface area (Å²) in [6.07, 6.45) is 4.60. The molecular formula is C20H19N5O3. The molecule has 142 valence electrons. The summed E-state index contributed by atoms with van der Waals surface area (Å²) in [6, 6.07) is 10.6.